The van der Waals surface area contributed by atoms with Crippen LogP contribution in [0.3, 0.4) is 0 Å². The number of rotatable bonds is 6. The minimum Gasteiger partial charge on any atom is -0.273 e. The molecule has 3 aromatic rings. The lowest BCUT2D eigenvalue weighted by molar-refractivity contribution is -0.116. The van der Waals surface area contributed by atoms with Crippen LogP contribution in [-0.4, -0.2) is 25.3 Å². The largest absolute Gasteiger partial charge is 0.283 e. The van der Waals surface area contributed by atoms with Gasteiger partial charge in [0.15, 0.2) is 5.65 Å². The highest BCUT2D eigenvalue weighted by Crippen LogP contribution is 2.39. The van der Waals surface area contributed by atoms with Crippen molar-refractivity contribution in [2.24, 2.45) is 5.92 Å². The van der Waals surface area contributed by atoms with Gasteiger partial charge in [-0.25, -0.2) is 14.3 Å². The average molecular weight is 363 g/mol. The lowest BCUT2D eigenvalue weighted by atomic mass is 10.1. The summed E-state index contributed by atoms with van der Waals surface area (Å²) in [4.78, 5) is 30.3. The summed E-state index contributed by atoms with van der Waals surface area (Å²) in [7, 11) is 0. The standard InChI is InChI=1S/C20H21N5O2/c26-17(10-13-4-2-1-3-5-13)23-25-18(15-8-9-15)22-19-16(20(25)27)11-21-24(19)12-14-6-7-14/h1-5,11,14-15H,6-10,12H2,(H,23,26). The zero-order chi connectivity index (χ0) is 18.4. The lowest BCUT2D eigenvalue weighted by Crippen LogP contribution is -2.37. The van der Waals surface area contributed by atoms with Gasteiger partial charge in [0, 0.05) is 12.5 Å². The molecule has 138 valence electrons. The second-order valence-corrected chi connectivity index (χ2v) is 7.59. The van der Waals surface area contributed by atoms with Crippen molar-refractivity contribution in [1.29, 1.82) is 0 Å². The number of carbonyl (C=O) groups excluding carboxylic acids is 1. The number of benzene rings is 1. The summed E-state index contributed by atoms with van der Waals surface area (Å²) < 4.78 is 3.19. The molecule has 1 amide bonds. The van der Waals surface area contributed by atoms with E-state index in [-0.39, 0.29) is 23.8 Å². The molecule has 0 saturated heterocycles. The van der Waals surface area contributed by atoms with Gasteiger partial charge in [0.25, 0.3) is 5.56 Å². The second-order valence-electron chi connectivity index (χ2n) is 7.59. The predicted molar refractivity (Wildman–Crippen MR) is 101 cm³/mol. The lowest BCUT2D eigenvalue weighted by Gasteiger charge is -2.13. The minimum atomic E-state index is -0.245. The Kier molecular flexibility index (Phi) is 3.81. The summed E-state index contributed by atoms with van der Waals surface area (Å²) in [5, 5.41) is 4.83. The normalized spacial score (nSPS) is 16.6. The third-order valence-electron chi connectivity index (χ3n) is 5.21. The van der Waals surface area contributed by atoms with Crippen molar-refractivity contribution in [3.8, 4) is 0 Å². The Bertz CT molecular complexity index is 1060. The van der Waals surface area contributed by atoms with E-state index < -0.39 is 0 Å². The maximum absolute atomic E-state index is 13.0. The third-order valence-corrected chi connectivity index (χ3v) is 5.21. The van der Waals surface area contributed by atoms with Crippen LogP contribution in [0.25, 0.3) is 11.0 Å². The van der Waals surface area contributed by atoms with Gasteiger partial charge in [0.2, 0.25) is 5.91 Å². The van der Waals surface area contributed by atoms with Crippen LogP contribution in [0, 0.1) is 5.92 Å². The molecule has 2 heterocycles. The van der Waals surface area contributed by atoms with Crippen LogP contribution in [0.5, 0.6) is 0 Å². The first-order chi connectivity index (χ1) is 13.2. The fraction of sp³-hybridized carbons (Fsp3) is 0.400. The van der Waals surface area contributed by atoms with Gasteiger partial charge >= 0.3 is 0 Å². The first kappa shape index (κ1) is 16.2. The van der Waals surface area contributed by atoms with Gasteiger partial charge in [0.1, 0.15) is 11.2 Å². The van der Waals surface area contributed by atoms with Crippen molar-refractivity contribution in [3.63, 3.8) is 0 Å². The zero-order valence-electron chi connectivity index (χ0n) is 15.0. The molecule has 0 spiro atoms. The van der Waals surface area contributed by atoms with E-state index >= 15 is 0 Å². The maximum Gasteiger partial charge on any atom is 0.283 e. The van der Waals surface area contributed by atoms with Crippen molar-refractivity contribution in [3.05, 3.63) is 58.3 Å². The molecule has 1 aromatic carbocycles. The molecule has 5 rings (SSSR count). The number of fused-ring (bicyclic) bond motifs is 1. The van der Waals surface area contributed by atoms with E-state index in [1.807, 2.05) is 35.0 Å². The quantitative estimate of drug-likeness (QED) is 0.728. The zero-order valence-corrected chi connectivity index (χ0v) is 15.0. The summed E-state index contributed by atoms with van der Waals surface area (Å²) in [6, 6.07) is 9.49. The van der Waals surface area contributed by atoms with Gasteiger partial charge in [-0.05, 0) is 37.2 Å². The van der Waals surface area contributed by atoms with E-state index in [1.54, 1.807) is 6.20 Å². The first-order valence-corrected chi connectivity index (χ1v) is 9.51. The highest BCUT2D eigenvalue weighted by atomic mass is 16.2. The molecule has 2 aromatic heterocycles. The van der Waals surface area contributed by atoms with E-state index in [9.17, 15) is 9.59 Å². The van der Waals surface area contributed by atoms with Crippen LogP contribution in [0.2, 0.25) is 0 Å². The van der Waals surface area contributed by atoms with Gasteiger partial charge in [0.05, 0.1) is 12.6 Å². The Morgan fingerprint density at radius 2 is 1.93 bits per heavy atom. The third kappa shape index (κ3) is 3.25. The number of nitrogens with zero attached hydrogens (tertiary/aromatic N) is 4. The predicted octanol–water partition coefficient (Wildman–Crippen LogP) is 2.19. The van der Waals surface area contributed by atoms with E-state index in [0.717, 1.165) is 24.9 Å². The van der Waals surface area contributed by atoms with Crippen molar-refractivity contribution in [2.75, 3.05) is 5.43 Å². The van der Waals surface area contributed by atoms with E-state index in [1.165, 1.54) is 17.5 Å². The molecule has 7 nitrogen and oxygen atoms in total. The molecule has 2 aliphatic rings. The van der Waals surface area contributed by atoms with Gasteiger partial charge < -0.3 is 0 Å². The SMILES string of the molecule is O=C(Cc1ccccc1)Nn1c(C2CC2)nc2c(cnn2CC2CC2)c1=O. The van der Waals surface area contributed by atoms with Crippen LogP contribution < -0.4 is 11.0 Å². The topological polar surface area (TPSA) is 81.8 Å². The first-order valence-electron chi connectivity index (χ1n) is 9.51. The number of aromatic nitrogens is 4. The summed E-state index contributed by atoms with van der Waals surface area (Å²) >= 11 is 0. The van der Waals surface area contributed by atoms with Gasteiger partial charge in [-0.3, -0.25) is 15.0 Å². The van der Waals surface area contributed by atoms with Crippen LogP contribution in [0.1, 0.15) is 43.0 Å². The summed E-state index contributed by atoms with van der Waals surface area (Å²) in [5.41, 5.74) is 4.07. The maximum atomic E-state index is 13.0. The highest BCUT2D eigenvalue weighted by molar-refractivity contribution is 5.86. The molecular formula is C20H21N5O2. The number of amides is 1. The molecule has 2 saturated carbocycles. The van der Waals surface area contributed by atoms with E-state index in [2.05, 4.69) is 10.5 Å². The fourth-order valence-electron chi connectivity index (χ4n) is 3.38. The van der Waals surface area contributed by atoms with Crippen LogP contribution in [0.4, 0.5) is 0 Å². The van der Waals surface area contributed by atoms with Crippen molar-refractivity contribution >= 4 is 16.9 Å². The van der Waals surface area contributed by atoms with Crippen LogP contribution >= 0.6 is 0 Å². The molecule has 2 aliphatic carbocycles. The van der Waals surface area contributed by atoms with Gasteiger partial charge in [-0.1, -0.05) is 30.3 Å². The van der Waals surface area contributed by atoms with Crippen LogP contribution in [-0.2, 0) is 17.8 Å². The number of hydrogen-bond donors (Lipinski definition) is 1. The molecule has 1 N–H and O–H groups in total. The van der Waals surface area contributed by atoms with Crippen LogP contribution in [0.15, 0.2) is 41.3 Å². The molecule has 27 heavy (non-hydrogen) atoms. The smallest absolute Gasteiger partial charge is 0.273 e. The summed E-state index contributed by atoms with van der Waals surface area (Å²) in [5.74, 6) is 1.29. The second kappa shape index (κ2) is 6.33. The molecular weight excluding hydrogens is 342 g/mol. The van der Waals surface area contributed by atoms with Gasteiger partial charge in [-0.2, -0.15) is 5.10 Å². The highest BCUT2D eigenvalue weighted by Gasteiger charge is 2.31. The minimum absolute atomic E-state index is 0.219. The molecule has 0 radical (unpaired) electrons. The molecule has 0 bridgehead atoms. The Labute approximate surface area is 156 Å². The van der Waals surface area contributed by atoms with Gasteiger partial charge in [-0.15, -0.1) is 0 Å². The summed E-state index contributed by atoms with van der Waals surface area (Å²) in [6.07, 6.45) is 6.19. The summed E-state index contributed by atoms with van der Waals surface area (Å²) in [6.45, 7) is 0.810. The van der Waals surface area contributed by atoms with Crippen molar-refractivity contribution in [1.82, 2.24) is 19.4 Å². The Morgan fingerprint density at radius 3 is 2.63 bits per heavy atom. The molecule has 0 atom stereocenters. The van der Waals surface area contributed by atoms with Crippen molar-refractivity contribution in [2.45, 2.75) is 44.6 Å². The molecule has 0 aliphatic heterocycles. The van der Waals surface area contributed by atoms with E-state index in [0.29, 0.717) is 22.8 Å². The van der Waals surface area contributed by atoms with Crippen molar-refractivity contribution < 1.29 is 4.79 Å². The Balaban J connectivity index is 1.49. The average Bonchev–Trinajstić information content (AvgIpc) is 3.58. The molecule has 7 heteroatoms. The number of hydrogen-bond acceptors (Lipinski definition) is 4. The van der Waals surface area contributed by atoms with E-state index in [4.69, 9.17) is 4.98 Å². The fourth-order valence-corrected chi connectivity index (χ4v) is 3.38. The monoisotopic (exact) mass is 363 g/mol. The number of carbonyl (C=O) groups is 1. The molecule has 2 fully saturated rings. The molecule has 0 unspecified atom stereocenters. The Hall–Kier alpha value is -2.96. The number of nitrogens with one attached hydrogen (secondary N) is 1. The Morgan fingerprint density at radius 1 is 1.15 bits per heavy atom.